The van der Waals surface area contributed by atoms with Gasteiger partial charge in [-0.2, -0.15) is 0 Å². The summed E-state index contributed by atoms with van der Waals surface area (Å²) in [6, 6.07) is 0.525. The second-order valence-corrected chi connectivity index (χ2v) is 7.90. The molecule has 0 amide bonds. The van der Waals surface area contributed by atoms with Crippen LogP contribution in [0.5, 0.6) is 0 Å². The van der Waals surface area contributed by atoms with Crippen molar-refractivity contribution in [2.45, 2.75) is 64.5 Å². The summed E-state index contributed by atoms with van der Waals surface area (Å²) in [6.07, 6.45) is 5.43. The molecule has 1 heterocycles. The first-order chi connectivity index (χ1) is 9.82. The van der Waals surface area contributed by atoms with Gasteiger partial charge in [0.1, 0.15) is 5.54 Å². The molecule has 1 aliphatic heterocycles. The number of carbonyl (C=O) groups excluding carboxylic acids is 1. The van der Waals surface area contributed by atoms with Gasteiger partial charge in [0, 0.05) is 6.04 Å². The van der Waals surface area contributed by atoms with E-state index in [4.69, 9.17) is 4.74 Å². The number of rotatable bonds is 3. The molecule has 0 aromatic carbocycles. The zero-order valence-electron chi connectivity index (χ0n) is 14.4. The predicted octanol–water partition coefficient (Wildman–Crippen LogP) is 2.43. The van der Waals surface area contributed by atoms with E-state index >= 15 is 0 Å². The van der Waals surface area contributed by atoms with E-state index in [0.29, 0.717) is 11.5 Å². The molecule has 0 spiro atoms. The van der Waals surface area contributed by atoms with Crippen LogP contribution in [0.4, 0.5) is 0 Å². The maximum Gasteiger partial charge on any atom is 0.326 e. The Morgan fingerprint density at radius 2 is 1.86 bits per heavy atom. The van der Waals surface area contributed by atoms with Crippen LogP contribution in [-0.4, -0.2) is 49.7 Å². The van der Waals surface area contributed by atoms with E-state index in [1.54, 1.807) is 0 Å². The molecule has 2 unspecified atom stereocenters. The predicted molar refractivity (Wildman–Crippen MR) is 85.2 cm³/mol. The van der Waals surface area contributed by atoms with Gasteiger partial charge in [0.25, 0.3) is 0 Å². The zero-order valence-corrected chi connectivity index (χ0v) is 14.4. The number of ether oxygens (including phenoxy) is 1. The fourth-order valence-corrected chi connectivity index (χ4v) is 4.17. The van der Waals surface area contributed by atoms with E-state index < -0.39 is 5.54 Å². The molecule has 1 aliphatic carbocycles. The number of nitrogens with zero attached hydrogens (tertiary/aromatic N) is 1. The Balaban J connectivity index is 1.93. The van der Waals surface area contributed by atoms with Crippen LogP contribution in [0.3, 0.4) is 0 Å². The lowest BCUT2D eigenvalue weighted by atomic mass is 9.75. The molecule has 0 bridgehead atoms. The summed E-state index contributed by atoms with van der Waals surface area (Å²) in [5, 5.41) is 3.23. The SMILES string of the molecule is CNC1(C(=O)OC)CCC(N2CCC(C(C)(C)C)CC2)C1. The first-order valence-corrected chi connectivity index (χ1v) is 8.34. The van der Waals surface area contributed by atoms with Crippen molar-refractivity contribution in [1.82, 2.24) is 10.2 Å². The third kappa shape index (κ3) is 3.42. The molecule has 0 aromatic rings. The van der Waals surface area contributed by atoms with E-state index in [2.05, 4.69) is 31.0 Å². The average Bonchev–Trinajstić information content (AvgIpc) is 2.91. The summed E-state index contributed by atoms with van der Waals surface area (Å²) in [4.78, 5) is 14.7. The summed E-state index contributed by atoms with van der Waals surface area (Å²) in [5.41, 5.74) is -0.0389. The largest absolute Gasteiger partial charge is 0.468 e. The monoisotopic (exact) mass is 296 g/mol. The van der Waals surface area contributed by atoms with Gasteiger partial charge in [-0.1, -0.05) is 20.8 Å². The summed E-state index contributed by atoms with van der Waals surface area (Å²) >= 11 is 0. The van der Waals surface area contributed by atoms with Gasteiger partial charge in [-0.05, 0) is 63.6 Å². The van der Waals surface area contributed by atoms with Gasteiger partial charge in [0.2, 0.25) is 0 Å². The fraction of sp³-hybridized carbons (Fsp3) is 0.941. The van der Waals surface area contributed by atoms with Crippen LogP contribution in [0.2, 0.25) is 0 Å². The molecule has 1 saturated heterocycles. The molecule has 2 aliphatic rings. The standard InChI is InChI=1S/C17H32N2O2/c1-16(2,3)13-7-10-19(11-8-13)14-6-9-17(12-14,18-4)15(20)21-5/h13-14,18H,6-12H2,1-5H3. The molecule has 4 heteroatoms. The van der Waals surface area contributed by atoms with Gasteiger partial charge >= 0.3 is 5.97 Å². The van der Waals surface area contributed by atoms with Crippen LogP contribution in [0, 0.1) is 11.3 Å². The first kappa shape index (κ1) is 16.8. The van der Waals surface area contributed by atoms with Gasteiger partial charge in [-0.15, -0.1) is 0 Å². The van der Waals surface area contributed by atoms with E-state index in [9.17, 15) is 4.79 Å². The summed E-state index contributed by atoms with van der Waals surface area (Å²) in [7, 11) is 3.37. The molecular weight excluding hydrogens is 264 g/mol. The van der Waals surface area contributed by atoms with Crippen LogP contribution < -0.4 is 5.32 Å². The van der Waals surface area contributed by atoms with Gasteiger partial charge in [0.05, 0.1) is 7.11 Å². The van der Waals surface area contributed by atoms with Crippen molar-refractivity contribution in [3.05, 3.63) is 0 Å². The molecular formula is C17H32N2O2. The number of likely N-dealkylation sites (tertiary alicyclic amines) is 1. The average molecular weight is 296 g/mol. The second kappa shape index (κ2) is 6.25. The number of nitrogens with one attached hydrogen (secondary N) is 1. The molecule has 1 N–H and O–H groups in total. The molecule has 4 nitrogen and oxygen atoms in total. The highest BCUT2D eigenvalue weighted by molar-refractivity contribution is 5.81. The Labute approximate surface area is 129 Å². The minimum absolute atomic E-state index is 0.0999. The molecule has 21 heavy (non-hydrogen) atoms. The van der Waals surface area contributed by atoms with Crippen molar-refractivity contribution in [3.8, 4) is 0 Å². The van der Waals surface area contributed by atoms with Crippen molar-refractivity contribution in [2.24, 2.45) is 11.3 Å². The number of hydrogen-bond acceptors (Lipinski definition) is 4. The quantitative estimate of drug-likeness (QED) is 0.812. The van der Waals surface area contributed by atoms with E-state index in [0.717, 1.165) is 25.2 Å². The van der Waals surface area contributed by atoms with Crippen molar-refractivity contribution in [1.29, 1.82) is 0 Å². The number of esters is 1. The van der Waals surface area contributed by atoms with Gasteiger partial charge in [-0.3, -0.25) is 4.79 Å². The molecule has 122 valence electrons. The Morgan fingerprint density at radius 3 is 2.33 bits per heavy atom. The van der Waals surface area contributed by atoms with Crippen molar-refractivity contribution < 1.29 is 9.53 Å². The Morgan fingerprint density at radius 1 is 1.24 bits per heavy atom. The Bertz CT molecular complexity index is 369. The van der Waals surface area contributed by atoms with Crippen molar-refractivity contribution >= 4 is 5.97 Å². The van der Waals surface area contributed by atoms with Gasteiger partial charge in [0.15, 0.2) is 0 Å². The first-order valence-electron chi connectivity index (χ1n) is 8.34. The molecule has 1 saturated carbocycles. The summed E-state index contributed by atoms with van der Waals surface area (Å²) < 4.78 is 5.01. The molecule has 2 atom stereocenters. The third-order valence-corrected chi connectivity index (χ3v) is 5.81. The number of hydrogen-bond donors (Lipinski definition) is 1. The smallest absolute Gasteiger partial charge is 0.326 e. The number of likely N-dealkylation sites (N-methyl/N-ethyl adjacent to an activating group) is 1. The van der Waals surface area contributed by atoms with Gasteiger partial charge in [-0.25, -0.2) is 0 Å². The van der Waals surface area contributed by atoms with Crippen LogP contribution in [0.15, 0.2) is 0 Å². The highest BCUT2D eigenvalue weighted by atomic mass is 16.5. The van der Waals surface area contributed by atoms with Crippen LogP contribution >= 0.6 is 0 Å². The second-order valence-electron chi connectivity index (χ2n) is 7.90. The minimum Gasteiger partial charge on any atom is -0.468 e. The lowest BCUT2D eigenvalue weighted by molar-refractivity contribution is -0.148. The van der Waals surface area contributed by atoms with Crippen molar-refractivity contribution in [3.63, 3.8) is 0 Å². The third-order valence-electron chi connectivity index (χ3n) is 5.81. The maximum absolute atomic E-state index is 12.1. The Hall–Kier alpha value is -0.610. The lowest BCUT2D eigenvalue weighted by Crippen LogP contribution is -2.51. The number of carbonyl (C=O) groups is 1. The molecule has 0 radical (unpaired) electrons. The van der Waals surface area contributed by atoms with E-state index in [1.807, 2.05) is 7.05 Å². The summed E-state index contributed by atoms with van der Waals surface area (Å²) in [6.45, 7) is 9.41. The summed E-state index contributed by atoms with van der Waals surface area (Å²) in [5.74, 6) is 0.724. The highest BCUT2D eigenvalue weighted by Gasteiger charge is 2.47. The number of methoxy groups -OCH3 is 1. The topological polar surface area (TPSA) is 41.6 Å². The highest BCUT2D eigenvalue weighted by Crippen LogP contribution is 2.39. The normalized spacial score (nSPS) is 32.3. The maximum atomic E-state index is 12.1. The zero-order chi connectivity index (χ0) is 15.7. The fourth-order valence-electron chi connectivity index (χ4n) is 4.17. The number of piperidine rings is 1. The van der Waals surface area contributed by atoms with E-state index in [-0.39, 0.29) is 5.97 Å². The Kier molecular flexibility index (Phi) is 4.99. The molecule has 0 aromatic heterocycles. The van der Waals surface area contributed by atoms with Crippen molar-refractivity contribution in [2.75, 3.05) is 27.2 Å². The molecule has 2 rings (SSSR count). The lowest BCUT2D eigenvalue weighted by Gasteiger charge is -2.41. The van der Waals surface area contributed by atoms with E-state index in [1.165, 1.54) is 33.0 Å². The minimum atomic E-state index is -0.458. The van der Waals surface area contributed by atoms with Gasteiger partial charge < -0.3 is 15.0 Å². The van der Waals surface area contributed by atoms with Crippen LogP contribution in [0.1, 0.15) is 52.9 Å². The van der Waals surface area contributed by atoms with Crippen LogP contribution in [0.25, 0.3) is 0 Å². The van der Waals surface area contributed by atoms with Crippen LogP contribution in [-0.2, 0) is 9.53 Å². The molecule has 2 fully saturated rings.